The highest BCUT2D eigenvalue weighted by Gasteiger charge is 2.40. The zero-order valence-corrected chi connectivity index (χ0v) is 23.4. The molecule has 0 saturated carbocycles. The fourth-order valence-corrected chi connectivity index (χ4v) is 4.30. The predicted molar refractivity (Wildman–Crippen MR) is 137 cm³/mol. The van der Waals surface area contributed by atoms with E-state index in [1.165, 1.54) is 13.8 Å². The Morgan fingerprint density at radius 2 is 1.44 bits per heavy atom. The van der Waals surface area contributed by atoms with E-state index in [0.717, 1.165) is 30.3 Å². The molecule has 2 aromatic carbocycles. The molecule has 0 saturated heterocycles. The van der Waals surface area contributed by atoms with Gasteiger partial charge in [-0.05, 0) is 34.7 Å². The summed E-state index contributed by atoms with van der Waals surface area (Å²) in [7, 11) is 0. The minimum absolute atomic E-state index is 0.177. The van der Waals surface area contributed by atoms with Crippen LogP contribution in [-0.2, 0) is 11.0 Å². The maximum absolute atomic E-state index is 13.9. The number of rotatable bonds is 9. The molecule has 1 N–H and O–H groups in total. The number of benzene rings is 2. The van der Waals surface area contributed by atoms with Crippen molar-refractivity contribution < 1.29 is 49.1 Å². The van der Waals surface area contributed by atoms with Gasteiger partial charge < -0.3 is 5.32 Å². The number of allylic oxidation sites excluding steroid dienone is 1. The van der Waals surface area contributed by atoms with Crippen LogP contribution in [0.15, 0.2) is 36.4 Å². The van der Waals surface area contributed by atoms with Crippen LogP contribution < -0.4 is 5.32 Å². The van der Waals surface area contributed by atoms with E-state index in [-0.39, 0.29) is 20.6 Å². The van der Waals surface area contributed by atoms with Gasteiger partial charge in [0.2, 0.25) is 5.91 Å². The summed E-state index contributed by atoms with van der Waals surface area (Å²) >= 11 is 17.4. The number of hydrogen-bond donors (Lipinski definition) is 1. The summed E-state index contributed by atoms with van der Waals surface area (Å²) in [5.41, 5.74) is -4.19. The van der Waals surface area contributed by atoms with E-state index in [2.05, 4.69) is 0 Å². The Labute approximate surface area is 243 Å². The van der Waals surface area contributed by atoms with Crippen molar-refractivity contribution in [2.45, 2.75) is 51.1 Å². The molecule has 1 amide bonds. The highest BCUT2D eigenvalue weighted by molar-refractivity contribution is 6.48. The average molecular weight is 657 g/mol. The highest BCUT2D eigenvalue weighted by Crippen LogP contribution is 2.41. The third-order valence-corrected chi connectivity index (χ3v) is 6.81. The van der Waals surface area contributed by atoms with E-state index in [1.54, 1.807) is 0 Å². The van der Waals surface area contributed by atoms with Crippen molar-refractivity contribution in [1.82, 2.24) is 5.32 Å². The summed E-state index contributed by atoms with van der Waals surface area (Å²) in [4.78, 5) is 24.2. The van der Waals surface area contributed by atoms with E-state index in [9.17, 15) is 49.1 Å². The third-order valence-electron chi connectivity index (χ3n) is 5.61. The number of alkyl halides is 9. The lowest BCUT2D eigenvalue weighted by Crippen LogP contribution is -2.37. The lowest BCUT2D eigenvalue weighted by Gasteiger charge is -2.25. The first-order valence-electron chi connectivity index (χ1n) is 11.5. The summed E-state index contributed by atoms with van der Waals surface area (Å²) in [5.74, 6) is -4.73. The van der Waals surface area contributed by atoms with Gasteiger partial charge in [-0.2, -0.15) is 39.5 Å². The molecule has 2 rings (SSSR count). The maximum Gasteiger partial charge on any atom is 0.417 e. The lowest BCUT2D eigenvalue weighted by atomic mass is 9.84. The van der Waals surface area contributed by atoms with Gasteiger partial charge in [-0.25, -0.2) is 0 Å². The lowest BCUT2D eigenvalue weighted by molar-refractivity contribution is -0.154. The molecule has 226 valence electrons. The van der Waals surface area contributed by atoms with Crippen molar-refractivity contribution in [3.63, 3.8) is 0 Å². The van der Waals surface area contributed by atoms with Crippen LogP contribution in [0.2, 0.25) is 15.1 Å². The zero-order valence-electron chi connectivity index (χ0n) is 21.1. The van der Waals surface area contributed by atoms with Crippen molar-refractivity contribution in [3.8, 4) is 0 Å². The molecule has 41 heavy (non-hydrogen) atoms. The van der Waals surface area contributed by atoms with Gasteiger partial charge in [0, 0.05) is 18.5 Å². The van der Waals surface area contributed by atoms with Crippen molar-refractivity contribution in [1.29, 1.82) is 0 Å². The summed E-state index contributed by atoms with van der Waals surface area (Å²) < 4.78 is 120. The number of amides is 1. The smallest absolute Gasteiger partial charge is 0.355 e. The standard InChI is InChI=1S/C26H21Cl3F9NO2/c1-23(2,12-39-21(41)11-24(30,31)32)10-20(40)15-5-3-13(7-17(15)26(36,37)38)4-6-16(25(33,34)35)14-8-18(27)22(29)19(28)9-14/h3-9,16H,10-12H2,1-2H3,(H,39,41)/b6-4+. The quantitative estimate of drug-likeness (QED) is 0.166. The average Bonchev–Trinajstić information content (AvgIpc) is 2.78. The Kier molecular flexibility index (Phi) is 10.9. The predicted octanol–water partition coefficient (Wildman–Crippen LogP) is 9.69. The molecule has 1 unspecified atom stereocenters. The molecule has 0 aliphatic heterocycles. The van der Waals surface area contributed by atoms with Gasteiger partial charge in [0.25, 0.3) is 0 Å². The molecular formula is C26H21Cl3F9NO2. The van der Waals surface area contributed by atoms with Crippen LogP contribution in [0.4, 0.5) is 39.5 Å². The Bertz CT molecular complexity index is 1290. The number of halogens is 12. The van der Waals surface area contributed by atoms with Crippen LogP contribution in [0, 0.1) is 5.41 Å². The van der Waals surface area contributed by atoms with E-state index in [4.69, 9.17) is 34.8 Å². The fourth-order valence-electron chi connectivity index (χ4n) is 3.69. The van der Waals surface area contributed by atoms with Crippen molar-refractivity contribution in [2.24, 2.45) is 5.41 Å². The summed E-state index contributed by atoms with van der Waals surface area (Å²) in [6.45, 7) is 2.28. The number of carbonyl (C=O) groups is 2. The molecule has 1 atom stereocenters. The van der Waals surface area contributed by atoms with Gasteiger partial charge in [0.15, 0.2) is 5.78 Å². The van der Waals surface area contributed by atoms with Crippen molar-refractivity contribution in [2.75, 3.05) is 6.54 Å². The third kappa shape index (κ3) is 10.4. The van der Waals surface area contributed by atoms with Crippen molar-refractivity contribution in [3.05, 3.63) is 73.7 Å². The largest absolute Gasteiger partial charge is 0.417 e. The minimum atomic E-state index is -5.08. The molecule has 15 heteroatoms. The normalized spacial score (nSPS) is 13.9. The van der Waals surface area contributed by atoms with E-state index < -0.39 is 77.6 Å². The minimum Gasteiger partial charge on any atom is -0.355 e. The molecule has 0 fully saturated rings. The van der Waals surface area contributed by atoms with Crippen molar-refractivity contribution >= 4 is 52.6 Å². The number of hydrogen-bond acceptors (Lipinski definition) is 2. The summed E-state index contributed by atoms with van der Waals surface area (Å²) in [5, 5.41) is 1.29. The first kappa shape index (κ1) is 34.8. The zero-order chi connectivity index (χ0) is 31.6. The van der Waals surface area contributed by atoms with E-state index >= 15 is 0 Å². The molecule has 0 bridgehead atoms. The van der Waals surface area contributed by atoms with Gasteiger partial charge in [-0.15, -0.1) is 0 Å². The first-order valence-corrected chi connectivity index (χ1v) is 12.6. The molecule has 0 radical (unpaired) electrons. The van der Waals surface area contributed by atoms with Crippen LogP contribution in [-0.4, -0.2) is 30.6 Å². The highest BCUT2D eigenvalue weighted by atomic mass is 35.5. The van der Waals surface area contributed by atoms with Gasteiger partial charge in [-0.3, -0.25) is 9.59 Å². The number of carbonyl (C=O) groups excluding carboxylic acids is 2. The molecule has 0 aliphatic rings. The molecule has 3 nitrogen and oxygen atoms in total. The molecule has 2 aromatic rings. The van der Waals surface area contributed by atoms with Gasteiger partial charge in [0.05, 0.1) is 26.5 Å². The van der Waals surface area contributed by atoms with Gasteiger partial charge in [0.1, 0.15) is 6.42 Å². The van der Waals surface area contributed by atoms with Gasteiger partial charge in [-0.1, -0.05) is 72.9 Å². The summed E-state index contributed by atoms with van der Waals surface area (Å²) in [6.07, 6.45) is -15.7. The van der Waals surface area contributed by atoms with Crippen LogP contribution in [0.25, 0.3) is 6.08 Å². The monoisotopic (exact) mass is 655 g/mol. The summed E-state index contributed by atoms with van der Waals surface area (Å²) in [6, 6.07) is 4.15. The number of Topliss-reactive ketones (excluding diaryl/α,β-unsaturated/α-hetero) is 1. The molecule has 0 heterocycles. The second-order valence-electron chi connectivity index (χ2n) is 9.81. The van der Waals surface area contributed by atoms with Crippen LogP contribution >= 0.6 is 34.8 Å². The molecule has 0 aliphatic carbocycles. The van der Waals surface area contributed by atoms with Crippen LogP contribution in [0.5, 0.6) is 0 Å². The second kappa shape index (κ2) is 12.8. The molecular weight excluding hydrogens is 636 g/mol. The van der Waals surface area contributed by atoms with Crippen LogP contribution in [0.1, 0.15) is 59.7 Å². The Morgan fingerprint density at radius 1 is 0.878 bits per heavy atom. The van der Waals surface area contributed by atoms with E-state index in [0.29, 0.717) is 12.1 Å². The molecule has 0 spiro atoms. The van der Waals surface area contributed by atoms with E-state index in [1.807, 2.05) is 5.32 Å². The second-order valence-corrected chi connectivity index (χ2v) is 11.0. The first-order chi connectivity index (χ1) is 18.5. The Balaban J connectivity index is 2.35. The SMILES string of the molecule is CC(C)(CNC(=O)CC(F)(F)F)CC(=O)c1ccc(/C=C/C(c2cc(Cl)c(Cl)c(Cl)c2)C(F)(F)F)cc1C(F)(F)F. The van der Waals surface area contributed by atoms with Gasteiger partial charge >= 0.3 is 18.5 Å². The number of ketones is 1. The Morgan fingerprint density at radius 3 is 1.93 bits per heavy atom. The number of nitrogens with one attached hydrogen (secondary N) is 1. The molecule has 0 aromatic heterocycles. The fraction of sp³-hybridized carbons (Fsp3) is 0.385. The maximum atomic E-state index is 13.9. The van der Waals surface area contributed by atoms with Crippen LogP contribution in [0.3, 0.4) is 0 Å². The topological polar surface area (TPSA) is 46.2 Å². The Hall–Kier alpha value is -2.44.